The molecule has 30 heavy (non-hydrogen) atoms. The van der Waals surface area contributed by atoms with Gasteiger partial charge in [0.1, 0.15) is 17.3 Å². The zero-order valence-corrected chi connectivity index (χ0v) is 18.2. The molecule has 166 valence electrons. The number of carbonyl (C=O) groups is 2. The number of rotatable bonds is 2. The first-order valence-electron chi connectivity index (χ1n) is 10.6. The van der Waals surface area contributed by atoms with Gasteiger partial charge in [-0.05, 0) is 29.9 Å². The van der Waals surface area contributed by atoms with E-state index in [1.807, 2.05) is 13.8 Å². The predicted molar refractivity (Wildman–Crippen MR) is 107 cm³/mol. The third-order valence-electron chi connectivity index (χ3n) is 8.55. The molecule has 7 heteroatoms. The topological polar surface area (TPSA) is 124 Å². The molecule has 0 saturated heterocycles. The Morgan fingerprint density at radius 3 is 2.40 bits per heavy atom. The number of hydrogen-bond acceptors (Lipinski definition) is 7. The standard InChI is InChI=1S/C23H32O7/c1-11-6-17-21(27,18(11)26)8-14(10-24)7-15-16-9-20(4,5)23(16,29)19(30-13(3)25)12(2)22(15,17)28/h6-7,12,15-17,19,24,27-29H,8-10H2,1-5H3/t12-,15+,16+,17?,19-,21-,22-,23-/m1/s1. The Morgan fingerprint density at radius 1 is 1.23 bits per heavy atom. The van der Waals surface area contributed by atoms with Crippen LogP contribution in [0.15, 0.2) is 23.3 Å². The summed E-state index contributed by atoms with van der Waals surface area (Å²) >= 11 is 0. The SMILES string of the molecule is CC(=O)O[C@@H]1[C@@H](C)[C@]2(O)C3C=C(C)C(=O)[C@@]3(O)CC(CO)=C[C@H]2[C@@H]2CC(C)(C)[C@]12O. The summed E-state index contributed by atoms with van der Waals surface area (Å²) in [5, 5.41) is 45.5. The molecule has 7 nitrogen and oxygen atoms in total. The van der Waals surface area contributed by atoms with Gasteiger partial charge in [-0.2, -0.15) is 0 Å². The van der Waals surface area contributed by atoms with Crippen LogP contribution in [-0.2, 0) is 14.3 Å². The van der Waals surface area contributed by atoms with E-state index in [2.05, 4.69) is 0 Å². The van der Waals surface area contributed by atoms with Crippen LogP contribution in [0.25, 0.3) is 0 Å². The number of aliphatic hydroxyl groups excluding tert-OH is 1. The highest BCUT2D eigenvalue weighted by molar-refractivity contribution is 6.04. The van der Waals surface area contributed by atoms with E-state index in [1.165, 1.54) is 6.92 Å². The van der Waals surface area contributed by atoms with Gasteiger partial charge in [-0.1, -0.05) is 32.9 Å². The van der Waals surface area contributed by atoms with Crippen molar-refractivity contribution in [2.24, 2.45) is 29.1 Å². The van der Waals surface area contributed by atoms with Gasteiger partial charge in [0, 0.05) is 37.0 Å². The van der Waals surface area contributed by atoms with Crippen LogP contribution < -0.4 is 0 Å². The third kappa shape index (κ3) is 2.35. The van der Waals surface area contributed by atoms with Crippen LogP contribution in [0.5, 0.6) is 0 Å². The second-order valence-electron chi connectivity index (χ2n) is 10.5. The minimum absolute atomic E-state index is 0.0842. The van der Waals surface area contributed by atoms with E-state index in [0.717, 1.165) is 0 Å². The molecule has 0 amide bonds. The number of aliphatic hydroxyl groups is 4. The van der Waals surface area contributed by atoms with E-state index in [1.54, 1.807) is 26.0 Å². The molecule has 8 atom stereocenters. The van der Waals surface area contributed by atoms with Gasteiger partial charge in [-0.15, -0.1) is 0 Å². The van der Waals surface area contributed by atoms with Crippen molar-refractivity contribution in [1.82, 2.24) is 0 Å². The Bertz CT molecular complexity index is 873. The fourth-order valence-corrected chi connectivity index (χ4v) is 7.02. The molecule has 0 aliphatic heterocycles. The number of esters is 1. The highest BCUT2D eigenvalue weighted by atomic mass is 16.6. The van der Waals surface area contributed by atoms with Crippen LogP contribution in [0, 0.1) is 29.1 Å². The van der Waals surface area contributed by atoms with E-state index in [9.17, 15) is 30.0 Å². The minimum atomic E-state index is -1.88. The molecule has 4 N–H and O–H groups in total. The monoisotopic (exact) mass is 420 g/mol. The third-order valence-corrected chi connectivity index (χ3v) is 8.55. The highest BCUT2D eigenvalue weighted by Gasteiger charge is 2.77. The molecule has 0 heterocycles. The molecule has 2 saturated carbocycles. The van der Waals surface area contributed by atoms with Crippen LogP contribution in [-0.4, -0.2) is 61.7 Å². The molecule has 0 aromatic carbocycles. The van der Waals surface area contributed by atoms with Crippen LogP contribution in [0.2, 0.25) is 0 Å². The lowest BCUT2D eigenvalue weighted by atomic mass is 9.38. The van der Waals surface area contributed by atoms with Crippen molar-refractivity contribution in [3.63, 3.8) is 0 Å². The number of Topliss-reactive ketones (excluding diaryl/α,β-unsaturated/α-hetero) is 1. The number of ether oxygens (including phenoxy) is 1. The molecule has 0 bridgehead atoms. The van der Waals surface area contributed by atoms with E-state index >= 15 is 0 Å². The van der Waals surface area contributed by atoms with Crippen molar-refractivity contribution in [3.05, 3.63) is 23.3 Å². The van der Waals surface area contributed by atoms with Gasteiger partial charge >= 0.3 is 5.97 Å². The van der Waals surface area contributed by atoms with E-state index < -0.39 is 63.7 Å². The van der Waals surface area contributed by atoms with Crippen LogP contribution >= 0.6 is 0 Å². The molecule has 4 aliphatic rings. The lowest BCUT2D eigenvalue weighted by Gasteiger charge is -2.70. The van der Waals surface area contributed by atoms with Crippen molar-refractivity contribution in [2.75, 3.05) is 6.61 Å². The van der Waals surface area contributed by atoms with Gasteiger partial charge in [-0.3, -0.25) is 9.59 Å². The van der Waals surface area contributed by atoms with Gasteiger partial charge in [0.25, 0.3) is 0 Å². The Labute approximate surface area is 176 Å². The summed E-state index contributed by atoms with van der Waals surface area (Å²) in [7, 11) is 0. The molecule has 0 aromatic rings. The van der Waals surface area contributed by atoms with Crippen LogP contribution in [0.3, 0.4) is 0 Å². The number of ketones is 1. The van der Waals surface area contributed by atoms with Gasteiger partial charge < -0.3 is 25.2 Å². The molecule has 4 rings (SSSR count). The van der Waals surface area contributed by atoms with Crippen molar-refractivity contribution in [1.29, 1.82) is 0 Å². The molecular formula is C23H32O7. The molecule has 2 fully saturated rings. The minimum Gasteiger partial charge on any atom is -0.459 e. The Balaban J connectivity index is 1.94. The average molecular weight is 421 g/mol. The zero-order valence-electron chi connectivity index (χ0n) is 18.2. The summed E-state index contributed by atoms with van der Waals surface area (Å²) in [6.07, 6.45) is 2.83. The Morgan fingerprint density at radius 2 is 1.87 bits per heavy atom. The second kappa shape index (κ2) is 6.25. The van der Waals surface area contributed by atoms with E-state index in [-0.39, 0.29) is 13.0 Å². The van der Waals surface area contributed by atoms with Crippen molar-refractivity contribution in [3.8, 4) is 0 Å². The van der Waals surface area contributed by atoms with Crippen LogP contribution in [0.1, 0.15) is 47.5 Å². The summed E-state index contributed by atoms with van der Waals surface area (Å²) in [5.74, 6) is -3.81. The molecule has 0 aromatic heterocycles. The molecule has 4 aliphatic carbocycles. The summed E-state index contributed by atoms with van der Waals surface area (Å²) in [6.45, 7) is 8.03. The quantitative estimate of drug-likeness (QED) is 0.386. The average Bonchev–Trinajstić information content (AvgIpc) is 2.83. The summed E-state index contributed by atoms with van der Waals surface area (Å²) in [6, 6.07) is 0. The first-order valence-corrected chi connectivity index (χ1v) is 10.6. The predicted octanol–water partition coefficient (Wildman–Crippen LogP) is 0.891. The normalized spacial score (nSPS) is 49.0. The highest BCUT2D eigenvalue weighted by Crippen LogP contribution is 2.69. The summed E-state index contributed by atoms with van der Waals surface area (Å²) < 4.78 is 5.61. The maximum absolute atomic E-state index is 12.9. The maximum atomic E-state index is 12.9. The van der Waals surface area contributed by atoms with Gasteiger partial charge in [0.2, 0.25) is 0 Å². The molecular weight excluding hydrogens is 388 g/mol. The smallest absolute Gasteiger partial charge is 0.303 e. The fraction of sp³-hybridized carbons (Fsp3) is 0.739. The van der Waals surface area contributed by atoms with Crippen molar-refractivity contribution in [2.45, 2.75) is 70.4 Å². The largest absolute Gasteiger partial charge is 0.459 e. The first kappa shape index (κ1) is 21.7. The molecule has 0 spiro atoms. The molecule has 0 radical (unpaired) electrons. The van der Waals surface area contributed by atoms with E-state index in [0.29, 0.717) is 17.6 Å². The second-order valence-corrected chi connectivity index (χ2v) is 10.5. The zero-order chi connectivity index (χ0) is 22.4. The summed E-state index contributed by atoms with van der Waals surface area (Å²) in [5.41, 5.74) is -4.64. The van der Waals surface area contributed by atoms with Crippen LogP contribution in [0.4, 0.5) is 0 Å². The number of carbonyl (C=O) groups excluding carboxylic acids is 2. The van der Waals surface area contributed by atoms with Gasteiger partial charge in [0.05, 0.1) is 12.2 Å². The Hall–Kier alpha value is -1.54. The molecule has 1 unspecified atom stereocenters. The first-order chi connectivity index (χ1) is 13.7. The summed E-state index contributed by atoms with van der Waals surface area (Å²) in [4.78, 5) is 24.8. The maximum Gasteiger partial charge on any atom is 0.303 e. The number of hydrogen-bond donors (Lipinski definition) is 4. The lowest BCUT2D eigenvalue weighted by molar-refractivity contribution is -0.339. The van der Waals surface area contributed by atoms with Crippen molar-refractivity contribution < 1.29 is 34.8 Å². The van der Waals surface area contributed by atoms with Crippen molar-refractivity contribution >= 4 is 11.8 Å². The lowest BCUT2D eigenvalue weighted by Crippen LogP contribution is -2.80. The van der Waals surface area contributed by atoms with E-state index in [4.69, 9.17) is 4.74 Å². The van der Waals surface area contributed by atoms with Gasteiger partial charge in [0.15, 0.2) is 5.78 Å². The fourth-order valence-electron chi connectivity index (χ4n) is 7.02. The Kier molecular flexibility index (Phi) is 4.52. The number of fused-ring (bicyclic) bond motifs is 5. The van der Waals surface area contributed by atoms with Gasteiger partial charge in [-0.25, -0.2) is 0 Å².